The molecule has 0 saturated heterocycles. The number of aromatic hydroxyl groups is 1. The fourth-order valence-corrected chi connectivity index (χ4v) is 2.39. The van der Waals surface area contributed by atoms with E-state index < -0.39 is 29.6 Å². The number of nitrogens with one attached hydrogen (secondary N) is 1. The third-order valence-corrected chi connectivity index (χ3v) is 3.37. The number of aromatic amines is 1. The molecule has 0 aliphatic heterocycles. The molecule has 1 aliphatic rings. The minimum absolute atomic E-state index is 0.223. The smallest absolute Gasteiger partial charge is 0.250 e. The van der Waals surface area contributed by atoms with Gasteiger partial charge in [-0.3, -0.25) is 9.78 Å². The molecule has 0 amide bonds. The molecular formula is C11H15NO5. The summed E-state index contributed by atoms with van der Waals surface area (Å²) in [7, 11) is 0. The van der Waals surface area contributed by atoms with E-state index in [2.05, 4.69) is 4.98 Å². The third-order valence-electron chi connectivity index (χ3n) is 3.37. The fraction of sp³-hybridized carbons (Fsp3) is 0.545. The van der Waals surface area contributed by atoms with Crippen LogP contribution in [0.15, 0.2) is 16.9 Å². The topological polar surface area (TPSA) is 114 Å². The van der Waals surface area contributed by atoms with Crippen molar-refractivity contribution in [1.82, 2.24) is 4.98 Å². The van der Waals surface area contributed by atoms with Crippen LogP contribution in [-0.2, 0) is 0 Å². The molecule has 0 aromatic carbocycles. The second-order valence-corrected chi connectivity index (χ2v) is 4.39. The average Bonchev–Trinajstić information content (AvgIpc) is 2.57. The van der Waals surface area contributed by atoms with Gasteiger partial charge in [0.2, 0.25) is 0 Å². The zero-order valence-corrected chi connectivity index (χ0v) is 9.08. The monoisotopic (exact) mass is 241 g/mol. The van der Waals surface area contributed by atoms with Gasteiger partial charge in [-0.2, -0.15) is 0 Å². The van der Waals surface area contributed by atoms with Crippen LogP contribution in [0.25, 0.3) is 0 Å². The molecule has 6 nitrogen and oxygen atoms in total. The number of hydrogen-bond donors (Lipinski definition) is 5. The SMILES string of the molecule is O=c1ccc(C2C[C@H](CO)[C@@H](O)[C@H]2O)c(O)[nH]1. The molecule has 5 N–H and O–H groups in total. The number of pyridine rings is 1. The van der Waals surface area contributed by atoms with Crippen molar-refractivity contribution in [2.75, 3.05) is 6.61 Å². The molecule has 94 valence electrons. The van der Waals surface area contributed by atoms with Crippen LogP contribution in [0.3, 0.4) is 0 Å². The molecule has 0 bridgehead atoms. The van der Waals surface area contributed by atoms with E-state index in [0.29, 0.717) is 12.0 Å². The van der Waals surface area contributed by atoms with Gasteiger partial charge >= 0.3 is 0 Å². The van der Waals surface area contributed by atoms with Crippen LogP contribution < -0.4 is 5.56 Å². The Labute approximate surface area is 97.2 Å². The summed E-state index contributed by atoms with van der Waals surface area (Å²) in [4.78, 5) is 13.2. The van der Waals surface area contributed by atoms with E-state index in [-0.39, 0.29) is 12.5 Å². The highest BCUT2D eigenvalue weighted by Crippen LogP contribution is 2.40. The maximum Gasteiger partial charge on any atom is 0.250 e. The Balaban J connectivity index is 2.32. The Morgan fingerprint density at radius 3 is 2.53 bits per heavy atom. The molecular weight excluding hydrogens is 226 g/mol. The van der Waals surface area contributed by atoms with Crippen molar-refractivity contribution in [3.8, 4) is 5.88 Å². The predicted molar refractivity (Wildman–Crippen MR) is 58.7 cm³/mol. The van der Waals surface area contributed by atoms with Crippen molar-refractivity contribution < 1.29 is 20.4 Å². The summed E-state index contributed by atoms with van der Waals surface area (Å²) >= 11 is 0. The largest absolute Gasteiger partial charge is 0.494 e. The van der Waals surface area contributed by atoms with Gasteiger partial charge in [0.15, 0.2) is 5.88 Å². The van der Waals surface area contributed by atoms with Crippen LogP contribution in [0.4, 0.5) is 0 Å². The maximum atomic E-state index is 11.0. The van der Waals surface area contributed by atoms with Gasteiger partial charge in [0.25, 0.3) is 5.56 Å². The molecule has 4 atom stereocenters. The summed E-state index contributed by atoms with van der Waals surface area (Å²) in [5.41, 5.74) is -0.0508. The lowest BCUT2D eigenvalue weighted by Crippen LogP contribution is -2.29. The highest BCUT2D eigenvalue weighted by atomic mass is 16.3. The summed E-state index contributed by atoms with van der Waals surface area (Å²) in [5.74, 6) is -1.20. The van der Waals surface area contributed by atoms with E-state index in [4.69, 9.17) is 5.11 Å². The molecule has 1 aromatic heterocycles. The third kappa shape index (κ3) is 2.06. The molecule has 1 aliphatic carbocycles. The molecule has 1 unspecified atom stereocenters. The Kier molecular flexibility index (Phi) is 3.19. The molecule has 1 heterocycles. The van der Waals surface area contributed by atoms with Crippen LogP contribution in [0.5, 0.6) is 5.88 Å². The summed E-state index contributed by atoms with van der Waals surface area (Å²) in [6.45, 7) is -0.223. The standard InChI is InChI=1S/C11H15NO5/c13-4-5-3-7(10(16)9(5)15)6-1-2-8(14)12-11(6)17/h1-2,5,7,9-10,13,15-16H,3-4H2,(H2,12,14,17)/t5-,7?,9-,10+/m1/s1. The Morgan fingerprint density at radius 2 is 2.00 bits per heavy atom. The fourth-order valence-electron chi connectivity index (χ4n) is 2.39. The Hall–Kier alpha value is -1.37. The van der Waals surface area contributed by atoms with Crippen molar-refractivity contribution in [1.29, 1.82) is 0 Å². The normalized spacial score (nSPS) is 32.9. The molecule has 6 heteroatoms. The van der Waals surface area contributed by atoms with Gasteiger partial charge in [0.1, 0.15) is 0 Å². The number of aliphatic hydroxyl groups excluding tert-OH is 3. The number of rotatable bonds is 2. The second kappa shape index (κ2) is 4.48. The highest BCUT2D eigenvalue weighted by Gasteiger charge is 2.42. The van der Waals surface area contributed by atoms with Gasteiger partial charge in [-0.05, 0) is 12.5 Å². The number of aromatic nitrogens is 1. The van der Waals surface area contributed by atoms with Gasteiger partial charge in [-0.1, -0.05) is 0 Å². The molecule has 0 spiro atoms. The summed E-state index contributed by atoms with van der Waals surface area (Å²) in [5, 5.41) is 38.2. The number of H-pyrrole nitrogens is 1. The van der Waals surface area contributed by atoms with Crippen LogP contribution in [0, 0.1) is 5.92 Å². The van der Waals surface area contributed by atoms with Crippen molar-refractivity contribution in [2.45, 2.75) is 24.5 Å². The quantitative estimate of drug-likeness (QED) is 0.451. The minimum Gasteiger partial charge on any atom is -0.494 e. The van der Waals surface area contributed by atoms with E-state index >= 15 is 0 Å². The Morgan fingerprint density at radius 1 is 1.29 bits per heavy atom. The minimum atomic E-state index is -1.05. The van der Waals surface area contributed by atoms with E-state index in [9.17, 15) is 20.1 Å². The maximum absolute atomic E-state index is 11.0. The van der Waals surface area contributed by atoms with Gasteiger partial charge in [0.05, 0.1) is 12.2 Å². The van der Waals surface area contributed by atoms with E-state index in [1.807, 2.05) is 0 Å². The van der Waals surface area contributed by atoms with E-state index in [1.165, 1.54) is 12.1 Å². The first kappa shape index (κ1) is 12.1. The zero-order valence-electron chi connectivity index (χ0n) is 9.08. The number of hydrogen-bond acceptors (Lipinski definition) is 5. The molecule has 2 rings (SSSR count). The van der Waals surface area contributed by atoms with Crippen LogP contribution in [0.1, 0.15) is 17.9 Å². The molecule has 1 fully saturated rings. The predicted octanol–water partition coefficient (Wildman–Crippen LogP) is -1.10. The molecule has 0 radical (unpaired) electrons. The van der Waals surface area contributed by atoms with Gasteiger partial charge < -0.3 is 20.4 Å². The lowest BCUT2D eigenvalue weighted by molar-refractivity contribution is 0.00213. The number of aliphatic hydroxyl groups is 3. The highest BCUT2D eigenvalue weighted by molar-refractivity contribution is 5.31. The lowest BCUT2D eigenvalue weighted by Gasteiger charge is -2.17. The zero-order chi connectivity index (χ0) is 12.6. The summed E-state index contributed by atoms with van der Waals surface area (Å²) < 4.78 is 0. The van der Waals surface area contributed by atoms with Crippen LogP contribution >= 0.6 is 0 Å². The summed E-state index contributed by atoms with van der Waals surface area (Å²) in [6.07, 6.45) is -1.71. The molecule has 1 aromatic rings. The first-order valence-corrected chi connectivity index (χ1v) is 5.43. The summed E-state index contributed by atoms with van der Waals surface area (Å²) in [6, 6.07) is 2.68. The van der Waals surface area contributed by atoms with Crippen molar-refractivity contribution >= 4 is 0 Å². The van der Waals surface area contributed by atoms with Crippen LogP contribution in [0.2, 0.25) is 0 Å². The van der Waals surface area contributed by atoms with Crippen molar-refractivity contribution in [3.63, 3.8) is 0 Å². The van der Waals surface area contributed by atoms with Crippen molar-refractivity contribution in [2.24, 2.45) is 5.92 Å². The first-order valence-electron chi connectivity index (χ1n) is 5.43. The van der Waals surface area contributed by atoms with Crippen molar-refractivity contribution in [3.05, 3.63) is 28.0 Å². The van der Waals surface area contributed by atoms with E-state index in [1.54, 1.807) is 0 Å². The van der Waals surface area contributed by atoms with Gasteiger partial charge in [-0.25, -0.2) is 0 Å². The first-order chi connectivity index (χ1) is 8.04. The van der Waals surface area contributed by atoms with Gasteiger partial charge in [-0.15, -0.1) is 0 Å². The molecule has 1 saturated carbocycles. The average molecular weight is 241 g/mol. The second-order valence-electron chi connectivity index (χ2n) is 4.39. The molecule has 17 heavy (non-hydrogen) atoms. The lowest BCUT2D eigenvalue weighted by atomic mass is 9.96. The van der Waals surface area contributed by atoms with Gasteiger partial charge in [0, 0.05) is 30.1 Å². The van der Waals surface area contributed by atoms with E-state index in [0.717, 1.165) is 0 Å². The van der Waals surface area contributed by atoms with Crippen LogP contribution in [-0.4, -0.2) is 44.2 Å². The Bertz CT molecular complexity index is 457.